The minimum absolute atomic E-state index is 0.000972. The predicted molar refractivity (Wildman–Crippen MR) is 57.6 cm³/mol. The molecule has 3 rings (SSSR count). The molecule has 0 aromatic carbocycles. The first-order chi connectivity index (χ1) is 7.70. The number of Topliss-reactive ketones (excluding diaryl/α,β-unsaturated/α-hetero) is 1. The lowest BCUT2D eigenvalue weighted by Gasteiger charge is -2.49. The van der Waals surface area contributed by atoms with Crippen LogP contribution in [0.1, 0.15) is 32.1 Å². The van der Waals surface area contributed by atoms with E-state index < -0.39 is 0 Å². The fourth-order valence-electron chi connectivity index (χ4n) is 4.24. The van der Waals surface area contributed by atoms with Crippen LogP contribution in [0.15, 0.2) is 0 Å². The monoisotopic (exact) mass is 222 g/mol. The Labute approximate surface area is 95.5 Å². The highest BCUT2D eigenvalue weighted by Crippen LogP contribution is 2.52. The van der Waals surface area contributed by atoms with Gasteiger partial charge in [-0.25, -0.2) is 0 Å². The molecule has 88 valence electrons. The molecule has 16 heavy (non-hydrogen) atoms. The third-order valence-corrected chi connectivity index (χ3v) is 4.96. The molecule has 3 aliphatic rings. The van der Waals surface area contributed by atoms with Crippen molar-refractivity contribution in [3.63, 3.8) is 0 Å². The number of esters is 1. The predicted octanol–water partition coefficient (Wildman–Crippen LogP) is 1.80. The minimum Gasteiger partial charge on any atom is -0.469 e. The Morgan fingerprint density at radius 3 is 2.81 bits per heavy atom. The largest absolute Gasteiger partial charge is 0.469 e. The molecule has 3 nitrogen and oxygen atoms in total. The zero-order valence-corrected chi connectivity index (χ0v) is 9.65. The molecule has 5 atom stereocenters. The van der Waals surface area contributed by atoms with Crippen molar-refractivity contribution in [2.75, 3.05) is 7.11 Å². The number of carbonyl (C=O) groups is 2. The van der Waals surface area contributed by atoms with Crippen LogP contribution in [0, 0.1) is 29.6 Å². The van der Waals surface area contributed by atoms with Crippen molar-refractivity contribution in [1.82, 2.24) is 0 Å². The third-order valence-electron chi connectivity index (χ3n) is 4.96. The summed E-state index contributed by atoms with van der Waals surface area (Å²) in [4.78, 5) is 23.9. The summed E-state index contributed by atoms with van der Waals surface area (Å²) in [7, 11) is 1.46. The van der Waals surface area contributed by atoms with Crippen LogP contribution in [0.3, 0.4) is 0 Å². The summed E-state index contributed by atoms with van der Waals surface area (Å²) in [5.74, 6) is 1.72. The zero-order valence-electron chi connectivity index (χ0n) is 9.65. The van der Waals surface area contributed by atoms with Gasteiger partial charge >= 0.3 is 5.97 Å². The summed E-state index contributed by atoms with van der Waals surface area (Å²) >= 11 is 0. The van der Waals surface area contributed by atoms with Crippen molar-refractivity contribution >= 4 is 11.8 Å². The third kappa shape index (κ3) is 1.33. The Morgan fingerprint density at radius 1 is 1.25 bits per heavy atom. The summed E-state index contributed by atoms with van der Waals surface area (Å²) in [6, 6.07) is 0. The van der Waals surface area contributed by atoms with E-state index in [0.29, 0.717) is 5.78 Å². The lowest BCUT2D eigenvalue weighted by molar-refractivity contribution is -0.159. The molecule has 3 heteroatoms. The van der Waals surface area contributed by atoms with Gasteiger partial charge in [-0.3, -0.25) is 9.59 Å². The first-order valence-electron chi connectivity index (χ1n) is 6.32. The topological polar surface area (TPSA) is 43.4 Å². The van der Waals surface area contributed by atoms with Crippen molar-refractivity contribution in [1.29, 1.82) is 0 Å². The second-order valence-electron chi connectivity index (χ2n) is 5.65. The van der Waals surface area contributed by atoms with Gasteiger partial charge in [0.25, 0.3) is 0 Å². The van der Waals surface area contributed by atoms with E-state index >= 15 is 0 Å². The smallest absolute Gasteiger partial charge is 0.308 e. The molecular weight excluding hydrogens is 204 g/mol. The molecule has 0 spiro atoms. The molecule has 0 N–H and O–H groups in total. The van der Waals surface area contributed by atoms with E-state index in [1.54, 1.807) is 0 Å². The van der Waals surface area contributed by atoms with Gasteiger partial charge < -0.3 is 4.74 Å². The highest BCUT2D eigenvalue weighted by Gasteiger charge is 2.52. The van der Waals surface area contributed by atoms with Gasteiger partial charge in [0, 0.05) is 11.8 Å². The second-order valence-corrected chi connectivity index (χ2v) is 5.65. The number of methoxy groups -OCH3 is 1. The van der Waals surface area contributed by atoms with E-state index in [-0.39, 0.29) is 29.6 Å². The van der Waals surface area contributed by atoms with E-state index in [4.69, 9.17) is 4.74 Å². The summed E-state index contributed by atoms with van der Waals surface area (Å²) < 4.78 is 4.89. The normalized spacial score (nSPS) is 45.6. The van der Waals surface area contributed by atoms with E-state index in [0.717, 1.165) is 31.6 Å². The maximum atomic E-state index is 12.1. The van der Waals surface area contributed by atoms with Crippen molar-refractivity contribution < 1.29 is 14.3 Å². The quantitative estimate of drug-likeness (QED) is 0.635. The number of fused-ring (bicyclic) bond motifs is 2. The highest BCUT2D eigenvalue weighted by atomic mass is 16.5. The molecule has 0 radical (unpaired) electrons. The molecule has 0 aromatic heterocycles. The molecule has 3 aliphatic carbocycles. The molecule has 0 aliphatic heterocycles. The molecular formula is C13H18O3. The van der Waals surface area contributed by atoms with Crippen LogP contribution >= 0.6 is 0 Å². The summed E-state index contributed by atoms with van der Waals surface area (Å²) in [5.41, 5.74) is 0. The van der Waals surface area contributed by atoms with Gasteiger partial charge in [0.1, 0.15) is 5.78 Å². The van der Waals surface area contributed by atoms with Crippen molar-refractivity contribution in [3.8, 4) is 0 Å². The fourth-order valence-corrected chi connectivity index (χ4v) is 4.24. The molecule has 3 fully saturated rings. The van der Waals surface area contributed by atoms with E-state index in [1.165, 1.54) is 13.5 Å². The molecule has 0 amide bonds. The number of hydrogen-bond donors (Lipinski definition) is 0. The second kappa shape index (κ2) is 3.57. The van der Waals surface area contributed by atoms with Crippen LogP contribution in [0.25, 0.3) is 0 Å². The average Bonchev–Trinajstić information content (AvgIpc) is 2.27. The maximum Gasteiger partial charge on any atom is 0.308 e. The Balaban J connectivity index is 1.90. The number of carbonyl (C=O) groups excluding carboxylic acids is 2. The average molecular weight is 222 g/mol. The minimum atomic E-state index is -0.0900. The van der Waals surface area contributed by atoms with Crippen LogP contribution in [-0.2, 0) is 14.3 Å². The van der Waals surface area contributed by atoms with Gasteiger partial charge in [-0.15, -0.1) is 0 Å². The Bertz CT molecular complexity index is 334. The number of ketones is 1. The van der Waals surface area contributed by atoms with Crippen LogP contribution < -0.4 is 0 Å². The molecule has 3 bridgehead atoms. The molecule has 0 saturated heterocycles. The summed E-state index contributed by atoms with van der Waals surface area (Å²) in [6.07, 6.45) is 5.07. The van der Waals surface area contributed by atoms with Gasteiger partial charge in [-0.05, 0) is 37.5 Å². The Kier molecular flexibility index (Phi) is 2.30. The molecule has 0 heterocycles. The van der Waals surface area contributed by atoms with E-state index in [1.807, 2.05) is 0 Å². The lowest BCUT2D eigenvalue weighted by Crippen LogP contribution is -2.50. The standard InChI is InChI=1S/C13H18O3/c1-16-13(15)11-6-8-4-7-2-3-9(11)10(5-7)12(8)14/h7-11H,2-6H2,1H3. The highest BCUT2D eigenvalue weighted by molar-refractivity contribution is 5.88. The molecule has 3 saturated carbocycles. The number of hydrogen-bond acceptors (Lipinski definition) is 3. The Hall–Kier alpha value is -0.860. The van der Waals surface area contributed by atoms with Gasteiger partial charge in [-0.2, -0.15) is 0 Å². The van der Waals surface area contributed by atoms with Gasteiger partial charge in [-0.1, -0.05) is 6.42 Å². The van der Waals surface area contributed by atoms with E-state index in [2.05, 4.69) is 0 Å². The van der Waals surface area contributed by atoms with Crippen molar-refractivity contribution in [3.05, 3.63) is 0 Å². The van der Waals surface area contributed by atoms with Gasteiger partial charge in [0.15, 0.2) is 0 Å². The number of rotatable bonds is 1. The SMILES string of the molecule is COC(=O)C1CC2CC3CCC1C(C3)C2=O. The summed E-state index contributed by atoms with van der Waals surface area (Å²) in [6.45, 7) is 0. The zero-order chi connectivity index (χ0) is 11.3. The fraction of sp³-hybridized carbons (Fsp3) is 0.846. The van der Waals surface area contributed by atoms with Gasteiger partial charge in [0.05, 0.1) is 13.0 Å². The van der Waals surface area contributed by atoms with Crippen molar-refractivity contribution in [2.24, 2.45) is 29.6 Å². The van der Waals surface area contributed by atoms with Gasteiger partial charge in [0.2, 0.25) is 0 Å². The van der Waals surface area contributed by atoms with Crippen LogP contribution in [0.2, 0.25) is 0 Å². The first-order valence-corrected chi connectivity index (χ1v) is 6.32. The Morgan fingerprint density at radius 2 is 2.06 bits per heavy atom. The van der Waals surface area contributed by atoms with Crippen LogP contribution in [-0.4, -0.2) is 18.9 Å². The first kappa shape index (κ1) is 10.3. The van der Waals surface area contributed by atoms with Crippen molar-refractivity contribution in [2.45, 2.75) is 32.1 Å². The number of ether oxygens (including phenoxy) is 1. The van der Waals surface area contributed by atoms with E-state index in [9.17, 15) is 9.59 Å². The van der Waals surface area contributed by atoms with Crippen LogP contribution in [0.5, 0.6) is 0 Å². The van der Waals surface area contributed by atoms with Crippen LogP contribution in [0.4, 0.5) is 0 Å². The summed E-state index contributed by atoms with van der Waals surface area (Å²) in [5, 5.41) is 0. The lowest BCUT2D eigenvalue weighted by atomic mass is 9.53. The maximum absolute atomic E-state index is 12.1. The molecule has 0 aromatic rings. The molecule has 5 unspecified atom stereocenters.